The van der Waals surface area contributed by atoms with Crippen molar-refractivity contribution in [3.63, 3.8) is 0 Å². The van der Waals surface area contributed by atoms with Gasteiger partial charge in [0.25, 0.3) is 0 Å². The molecule has 0 saturated carbocycles. The minimum absolute atomic E-state index is 0.806. The van der Waals surface area contributed by atoms with Crippen LogP contribution in [-0.4, -0.2) is 60.1 Å². The third-order valence-corrected chi connectivity index (χ3v) is 6.15. The molecule has 0 aromatic rings. The quantitative estimate of drug-likeness (QED) is 0.799. The topological polar surface area (TPSA) is 18.5 Å². The Bertz CT molecular complexity index is 305. The molecule has 0 aromatic carbocycles. The van der Waals surface area contributed by atoms with Crippen molar-refractivity contribution in [2.45, 2.75) is 75.2 Å². The molecule has 4 unspecified atom stereocenters. The summed E-state index contributed by atoms with van der Waals surface area (Å²) in [6.45, 7) is 2.71. The number of fused-ring (bicyclic) bond motifs is 3. The highest BCUT2D eigenvalue weighted by molar-refractivity contribution is 5.01. The van der Waals surface area contributed by atoms with Gasteiger partial charge < -0.3 is 10.2 Å². The van der Waals surface area contributed by atoms with Gasteiger partial charge in [-0.25, -0.2) is 0 Å². The summed E-state index contributed by atoms with van der Waals surface area (Å²) >= 11 is 0. The average Bonchev–Trinajstić information content (AvgIpc) is 2.98. The predicted octanol–water partition coefficient (Wildman–Crippen LogP) is 1.44. The lowest BCUT2D eigenvalue weighted by molar-refractivity contribution is 0.139. The lowest BCUT2D eigenvalue weighted by Gasteiger charge is -2.38. The van der Waals surface area contributed by atoms with Gasteiger partial charge in [-0.1, -0.05) is 0 Å². The van der Waals surface area contributed by atoms with Crippen LogP contribution in [0.15, 0.2) is 0 Å². The van der Waals surface area contributed by atoms with Crippen molar-refractivity contribution in [2.24, 2.45) is 0 Å². The molecule has 3 heteroatoms. The molecule has 4 heterocycles. The van der Waals surface area contributed by atoms with Gasteiger partial charge in [0.05, 0.1) is 0 Å². The number of hydrogen-bond acceptors (Lipinski definition) is 3. The first-order valence-electron chi connectivity index (χ1n) is 8.03. The summed E-state index contributed by atoms with van der Waals surface area (Å²) in [5.41, 5.74) is 0. The van der Waals surface area contributed by atoms with E-state index in [1.165, 1.54) is 58.0 Å². The van der Waals surface area contributed by atoms with Crippen LogP contribution in [0.5, 0.6) is 0 Å². The molecule has 4 aliphatic heterocycles. The molecule has 2 bridgehead atoms. The van der Waals surface area contributed by atoms with Crippen molar-refractivity contribution in [3.05, 3.63) is 0 Å². The third kappa shape index (κ3) is 1.83. The van der Waals surface area contributed by atoms with Crippen LogP contribution in [-0.2, 0) is 0 Å². The molecule has 102 valence electrons. The van der Waals surface area contributed by atoms with Crippen LogP contribution >= 0.6 is 0 Å². The maximum atomic E-state index is 4.04. The molecule has 0 aliphatic carbocycles. The minimum atomic E-state index is 0.806. The second-order valence-electron chi connectivity index (χ2n) is 7.03. The molecule has 4 atom stereocenters. The fraction of sp³-hybridized carbons (Fsp3) is 1.00. The Morgan fingerprint density at radius 2 is 1.72 bits per heavy atom. The Hall–Kier alpha value is -0.120. The number of nitrogens with zero attached hydrogens (tertiary/aromatic N) is 2. The van der Waals surface area contributed by atoms with E-state index in [1.54, 1.807) is 0 Å². The highest BCUT2D eigenvalue weighted by Crippen LogP contribution is 2.35. The van der Waals surface area contributed by atoms with E-state index in [2.05, 4.69) is 22.2 Å². The molecule has 0 spiro atoms. The first-order valence-corrected chi connectivity index (χ1v) is 8.03. The number of hydrogen-bond donors (Lipinski definition) is 1. The van der Waals surface area contributed by atoms with Gasteiger partial charge in [0.1, 0.15) is 0 Å². The maximum absolute atomic E-state index is 4.04. The van der Waals surface area contributed by atoms with E-state index in [1.807, 2.05) is 0 Å². The predicted molar refractivity (Wildman–Crippen MR) is 73.7 cm³/mol. The molecule has 4 saturated heterocycles. The van der Waals surface area contributed by atoms with Crippen molar-refractivity contribution < 1.29 is 0 Å². The van der Waals surface area contributed by atoms with E-state index in [9.17, 15) is 0 Å². The first kappa shape index (κ1) is 11.7. The van der Waals surface area contributed by atoms with Gasteiger partial charge >= 0.3 is 0 Å². The van der Waals surface area contributed by atoms with Crippen LogP contribution in [0.4, 0.5) is 0 Å². The maximum Gasteiger partial charge on any atom is 0.0250 e. The lowest BCUT2D eigenvalue weighted by atomic mass is 9.95. The fourth-order valence-electron chi connectivity index (χ4n) is 5.13. The molecule has 0 amide bonds. The highest BCUT2D eigenvalue weighted by Gasteiger charge is 2.42. The molecule has 1 N–H and O–H groups in total. The summed E-state index contributed by atoms with van der Waals surface area (Å²) in [5.74, 6) is 0. The van der Waals surface area contributed by atoms with Crippen LogP contribution < -0.4 is 5.32 Å². The Kier molecular flexibility index (Phi) is 2.90. The molecule has 4 aliphatic rings. The summed E-state index contributed by atoms with van der Waals surface area (Å²) in [7, 11) is 2.34. The van der Waals surface area contributed by atoms with E-state index >= 15 is 0 Å². The van der Waals surface area contributed by atoms with Crippen LogP contribution in [0.3, 0.4) is 0 Å². The number of piperidine rings is 1. The zero-order valence-corrected chi connectivity index (χ0v) is 11.6. The summed E-state index contributed by atoms with van der Waals surface area (Å²) < 4.78 is 0. The highest BCUT2D eigenvalue weighted by atomic mass is 15.3. The second kappa shape index (κ2) is 4.46. The van der Waals surface area contributed by atoms with Crippen LogP contribution in [0, 0.1) is 0 Å². The van der Waals surface area contributed by atoms with Crippen LogP contribution in [0.2, 0.25) is 0 Å². The van der Waals surface area contributed by atoms with Gasteiger partial charge in [-0.15, -0.1) is 0 Å². The van der Waals surface area contributed by atoms with E-state index < -0.39 is 0 Å². The zero-order chi connectivity index (χ0) is 12.1. The van der Waals surface area contributed by atoms with Crippen molar-refractivity contribution in [2.75, 3.05) is 20.1 Å². The van der Waals surface area contributed by atoms with Crippen LogP contribution in [0.1, 0.15) is 44.9 Å². The van der Waals surface area contributed by atoms with E-state index in [0.29, 0.717) is 0 Å². The Morgan fingerprint density at radius 3 is 2.50 bits per heavy atom. The number of nitrogens with one attached hydrogen (secondary N) is 1. The fourth-order valence-corrected chi connectivity index (χ4v) is 5.13. The summed E-state index contributed by atoms with van der Waals surface area (Å²) in [6, 6.07) is 4.25. The van der Waals surface area contributed by atoms with Crippen molar-refractivity contribution in [1.82, 2.24) is 15.1 Å². The first-order chi connectivity index (χ1) is 8.81. The molecule has 4 fully saturated rings. The lowest BCUT2D eigenvalue weighted by Crippen LogP contribution is -2.52. The van der Waals surface area contributed by atoms with Gasteiger partial charge in [-0.2, -0.15) is 0 Å². The van der Waals surface area contributed by atoms with Crippen molar-refractivity contribution in [1.29, 1.82) is 0 Å². The Balaban J connectivity index is 1.38. The Morgan fingerprint density at radius 1 is 0.944 bits per heavy atom. The van der Waals surface area contributed by atoms with Gasteiger partial charge in [0.15, 0.2) is 0 Å². The van der Waals surface area contributed by atoms with Crippen molar-refractivity contribution in [3.8, 4) is 0 Å². The molecular weight excluding hydrogens is 222 g/mol. The largest absolute Gasteiger partial charge is 0.310 e. The molecule has 0 aromatic heterocycles. The molecular formula is C15H27N3. The van der Waals surface area contributed by atoms with Gasteiger partial charge in [0.2, 0.25) is 0 Å². The summed E-state index contributed by atoms with van der Waals surface area (Å²) in [4.78, 5) is 5.37. The second-order valence-corrected chi connectivity index (χ2v) is 7.03. The molecule has 3 nitrogen and oxygen atoms in total. The smallest absolute Gasteiger partial charge is 0.0250 e. The van der Waals surface area contributed by atoms with E-state index in [-0.39, 0.29) is 0 Å². The van der Waals surface area contributed by atoms with Crippen LogP contribution in [0.25, 0.3) is 0 Å². The standard InChI is InChI=1S/C15H27N3/c1-17-12-4-5-13(17)10-11(9-12)16-14-6-8-18-7-2-3-15(14)18/h11-16H,2-10H2,1H3. The minimum Gasteiger partial charge on any atom is -0.310 e. The van der Waals surface area contributed by atoms with E-state index in [4.69, 9.17) is 0 Å². The van der Waals surface area contributed by atoms with Gasteiger partial charge in [-0.3, -0.25) is 4.90 Å². The SMILES string of the molecule is CN1C2CCC1CC(NC1CCN3CCCC13)C2. The molecule has 4 rings (SSSR count). The normalized spacial score (nSPS) is 48.8. The average molecular weight is 249 g/mol. The third-order valence-electron chi connectivity index (χ3n) is 6.15. The van der Waals surface area contributed by atoms with Crippen molar-refractivity contribution >= 4 is 0 Å². The monoisotopic (exact) mass is 249 g/mol. The van der Waals surface area contributed by atoms with Gasteiger partial charge in [0, 0.05) is 36.8 Å². The molecule has 0 radical (unpaired) electrons. The van der Waals surface area contributed by atoms with E-state index in [0.717, 1.165) is 30.2 Å². The number of rotatable bonds is 2. The summed E-state index contributed by atoms with van der Waals surface area (Å²) in [6.07, 6.45) is 9.95. The molecule has 18 heavy (non-hydrogen) atoms. The van der Waals surface area contributed by atoms with Gasteiger partial charge in [-0.05, 0) is 58.5 Å². The Labute approximate surface area is 111 Å². The summed E-state index contributed by atoms with van der Waals surface area (Å²) in [5, 5.41) is 4.04. The zero-order valence-electron chi connectivity index (χ0n) is 11.6.